The van der Waals surface area contributed by atoms with Crippen molar-refractivity contribution in [2.45, 2.75) is 0 Å². The Kier molecular flexibility index (Phi) is 4.34. The largest absolute Gasteiger partial charge is 0.504 e. The number of aromatic hydroxyl groups is 2. The standard InChI is InChI=1S/C17H15NO7/c19-12-7-10(8-13(20)16(12)25-9-15(21)22)17(23)18-5-6-24-14-4-2-1-3-11(14)18/h1-4,7-8,19-20H,5-6,9H2,(H,21,22). The molecule has 0 unspecified atom stereocenters. The van der Waals surface area contributed by atoms with Crippen molar-refractivity contribution in [1.29, 1.82) is 0 Å². The molecule has 2 aromatic rings. The number of ether oxygens (including phenoxy) is 2. The molecule has 2 aromatic carbocycles. The van der Waals surface area contributed by atoms with Crippen LogP contribution in [-0.2, 0) is 4.79 Å². The maximum absolute atomic E-state index is 12.8. The number of carboxylic acid groups (broad SMARTS) is 1. The molecule has 0 bridgehead atoms. The lowest BCUT2D eigenvalue weighted by molar-refractivity contribution is -0.139. The summed E-state index contributed by atoms with van der Waals surface area (Å²) in [4.78, 5) is 24.8. The Balaban J connectivity index is 1.90. The molecule has 25 heavy (non-hydrogen) atoms. The van der Waals surface area contributed by atoms with Crippen molar-refractivity contribution >= 4 is 17.6 Å². The number of nitrogens with zero attached hydrogens (tertiary/aromatic N) is 1. The van der Waals surface area contributed by atoms with Gasteiger partial charge in [0.2, 0.25) is 5.75 Å². The van der Waals surface area contributed by atoms with Crippen LogP contribution in [0.2, 0.25) is 0 Å². The van der Waals surface area contributed by atoms with Gasteiger partial charge in [-0.3, -0.25) is 4.79 Å². The Hall–Kier alpha value is -3.42. The molecule has 0 radical (unpaired) electrons. The second-order valence-electron chi connectivity index (χ2n) is 5.30. The van der Waals surface area contributed by atoms with Crippen LogP contribution in [-0.4, -0.2) is 47.0 Å². The van der Waals surface area contributed by atoms with Crippen molar-refractivity contribution < 1.29 is 34.4 Å². The van der Waals surface area contributed by atoms with Crippen LogP contribution in [0.3, 0.4) is 0 Å². The van der Waals surface area contributed by atoms with E-state index in [0.717, 1.165) is 12.1 Å². The van der Waals surface area contributed by atoms with Gasteiger partial charge in [0.25, 0.3) is 5.91 Å². The first kappa shape index (κ1) is 16.4. The topological polar surface area (TPSA) is 117 Å². The molecule has 1 aliphatic heterocycles. The highest BCUT2D eigenvalue weighted by Gasteiger charge is 2.26. The molecule has 0 fully saturated rings. The SMILES string of the molecule is O=C(O)COc1c(O)cc(C(=O)N2CCOc3ccccc32)cc1O. The minimum Gasteiger partial charge on any atom is -0.504 e. The molecule has 3 rings (SSSR count). The minimum atomic E-state index is -1.26. The molecule has 0 aromatic heterocycles. The van der Waals surface area contributed by atoms with Crippen LogP contribution >= 0.6 is 0 Å². The van der Waals surface area contributed by atoms with E-state index >= 15 is 0 Å². The van der Waals surface area contributed by atoms with Crippen LogP contribution < -0.4 is 14.4 Å². The molecule has 1 amide bonds. The molecular weight excluding hydrogens is 330 g/mol. The van der Waals surface area contributed by atoms with Crippen LogP contribution in [0.15, 0.2) is 36.4 Å². The number of hydrogen-bond acceptors (Lipinski definition) is 6. The van der Waals surface area contributed by atoms with Gasteiger partial charge in [0.05, 0.1) is 12.2 Å². The number of carbonyl (C=O) groups excluding carboxylic acids is 1. The number of para-hydroxylation sites is 2. The zero-order valence-electron chi connectivity index (χ0n) is 13.0. The number of phenols is 2. The summed E-state index contributed by atoms with van der Waals surface area (Å²) in [5, 5.41) is 28.5. The number of anilines is 1. The summed E-state index contributed by atoms with van der Waals surface area (Å²) in [7, 11) is 0. The number of rotatable bonds is 4. The van der Waals surface area contributed by atoms with E-state index in [4.69, 9.17) is 14.6 Å². The average molecular weight is 345 g/mol. The number of hydrogen-bond donors (Lipinski definition) is 3. The van der Waals surface area contributed by atoms with E-state index < -0.39 is 30.0 Å². The molecule has 0 saturated heterocycles. The molecule has 130 valence electrons. The second-order valence-corrected chi connectivity index (χ2v) is 5.30. The number of carbonyl (C=O) groups is 2. The van der Waals surface area contributed by atoms with E-state index in [1.165, 1.54) is 4.90 Å². The lowest BCUT2D eigenvalue weighted by atomic mass is 10.1. The monoisotopic (exact) mass is 345 g/mol. The Morgan fingerprint density at radius 3 is 2.52 bits per heavy atom. The maximum Gasteiger partial charge on any atom is 0.341 e. The number of amides is 1. The smallest absolute Gasteiger partial charge is 0.341 e. The van der Waals surface area contributed by atoms with Crippen LogP contribution in [0.1, 0.15) is 10.4 Å². The molecule has 8 heteroatoms. The molecule has 1 aliphatic rings. The van der Waals surface area contributed by atoms with Crippen LogP contribution in [0, 0.1) is 0 Å². The third-order valence-corrected chi connectivity index (χ3v) is 3.61. The maximum atomic E-state index is 12.8. The highest BCUT2D eigenvalue weighted by atomic mass is 16.5. The molecule has 0 spiro atoms. The van der Waals surface area contributed by atoms with E-state index in [9.17, 15) is 19.8 Å². The summed E-state index contributed by atoms with van der Waals surface area (Å²) in [6.07, 6.45) is 0. The number of aliphatic carboxylic acids is 1. The van der Waals surface area contributed by atoms with Crippen molar-refractivity contribution in [2.75, 3.05) is 24.7 Å². The Labute approximate surface area is 142 Å². The van der Waals surface area contributed by atoms with Crippen molar-refractivity contribution in [2.24, 2.45) is 0 Å². The summed E-state index contributed by atoms with van der Waals surface area (Å²) < 4.78 is 10.3. The van der Waals surface area contributed by atoms with Crippen molar-refractivity contribution in [3.05, 3.63) is 42.0 Å². The average Bonchev–Trinajstić information content (AvgIpc) is 2.59. The van der Waals surface area contributed by atoms with E-state index in [0.29, 0.717) is 24.6 Å². The zero-order valence-corrected chi connectivity index (χ0v) is 13.0. The van der Waals surface area contributed by atoms with Crippen LogP contribution in [0.5, 0.6) is 23.0 Å². The minimum absolute atomic E-state index is 0.0365. The first-order valence-electron chi connectivity index (χ1n) is 7.41. The lowest BCUT2D eigenvalue weighted by Crippen LogP contribution is -2.37. The van der Waals surface area contributed by atoms with Crippen molar-refractivity contribution in [1.82, 2.24) is 0 Å². The van der Waals surface area contributed by atoms with Gasteiger partial charge in [-0.25, -0.2) is 4.79 Å². The van der Waals surface area contributed by atoms with E-state index in [-0.39, 0.29) is 11.3 Å². The van der Waals surface area contributed by atoms with Gasteiger partial charge in [-0.2, -0.15) is 0 Å². The number of carboxylic acids is 1. The molecule has 8 nitrogen and oxygen atoms in total. The van der Waals surface area contributed by atoms with Crippen LogP contribution in [0.4, 0.5) is 5.69 Å². The van der Waals surface area contributed by atoms with Gasteiger partial charge in [0.1, 0.15) is 12.4 Å². The first-order valence-corrected chi connectivity index (χ1v) is 7.41. The van der Waals surface area contributed by atoms with Gasteiger partial charge in [0.15, 0.2) is 18.1 Å². The van der Waals surface area contributed by atoms with Crippen molar-refractivity contribution in [3.8, 4) is 23.0 Å². The zero-order chi connectivity index (χ0) is 18.0. The van der Waals surface area contributed by atoms with Crippen molar-refractivity contribution in [3.63, 3.8) is 0 Å². The fourth-order valence-electron chi connectivity index (χ4n) is 2.54. The molecular formula is C17H15NO7. The fraction of sp³-hybridized carbons (Fsp3) is 0.176. The Morgan fingerprint density at radius 2 is 1.84 bits per heavy atom. The normalized spacial score (nSPS) is 12.9. The first-order chi connectivity index (χ1) is 12.0. The van der Waals surface area contributed by atoms with Gasteiger partial charge in [-0.15, -0.1) is 0 Å². The number of fused-ring (bicyclic) bond motifs is 1. The third-order valence-electron chi connectivity index (χ3n) is 3.61. The van der Waals surface area contributed by atoms with E-state index in [2.05, 4.69) is 0 Å². The van der Waals surface area contributed by atoms with Gasteiger partial charge in [0, 0.05) is 5.56 Å². The highest BCUT2D eigenvalue weighted by Crippen LogP contribution is 2.38. The predicted molar refractivity (Wildman–Crippen MR) is 86.5 cm³/mol. The lowest BCUT2D eigenvalue weighted by Gasteiger charge is -2.29. The number of phenolic OH excluding ortho intramolecular Hbond substituents is 2. The Bertz CT molecular complexity index is 810. The number of benzene rings is 2. The van der Waals surface area contributed by atoms with E-state index in [1.807, 2.05) is 0 Å². The molecule has 3 N–H and O–H groups in total. The summed E-state index contributed by atoms with van der Waals surface area (Å²) in [6, 6.07) is 9.28. The van der Waals surface area contributed by atoms with Crippen LogP contribution in [0.25, 0.3) is 0 Å². The van der Waals surface area contributed by atoms with Gasteiger partial charge in [-0.1, -0.05) is 12.1 Å². The summed E-state index contributed by atoms with van der Waals surface area (Å²) >= 11 is 0. The Morgan fingerprint density at radius 1 is 1.16 bits per heavy atom. The quantitative estimate of drug-likeness (QED) is 0.770. The third kappa shape index (κ3) is 3.27. The predicted octanol–water partition coefficient (Wildman–Crippen LogP) is 1.60. The molecule has 0 saturated carbocycles. The second kappa shape index (κ2) is 6.60. The molecule has 0 aliphatic carbocycles. The summed E-state index contributed by atoms with van der Waals surface area (Å²) in [5.41, 5.74) is 0.623. The molecule has 1 heterocycles. The van der Waals surface area contributed by atoms with E-state index in [1.54, 1.807) is 24.3 Å². The van der Waals surface area contributed by atoms with Gasteiger partial charge < -0.3 is 29.7 Å². The molecule has 0 atom stereocenters. The van der Waals surface area contributed by atoms with Gasteiger partial charge in [-0.05, 0) is 24.3 Å². The summed E-state index contributed by atoms with van der Waals surface area (Å²) in [5.74, 6) is -2.56. The van der Waals surface area contributed by atoms with Gasteiger partial charge >= 0.3 is 5.97 Å². The fourth-order valence-corrected chi connectivity index (χ4v) is 2.54. The highest BCUT2D eigenvalue weighted by molar-refractivity contribution is 6.07. The summed E-state index contributed by atoms with van der Waals surface area (Å²) in [6.45, 7) is -0.0968.